The SMILES string of the molecule is CN(C)CCCn1c(-c2ccccc2)cc2c1CCCCC2.Cl. The first-order chi connectivity index (χ1) is 10.8. The van der Waals surface area contributed by atoms with E-state index in [0.717, 1.165) is 13.1 Å². The first-order valence-electron chi connectivity index (χ1n) is 8.67. The van der Waals surface area contributed by atoms with Crippen molar-refractivity contribution in [2.45, 2.75) is 45.1 Å². The van der Waals surface area contributed by atoms with Crippen molar-refractivity contribution in [1.82, 2.24) is 9.47 Å². The zero-order valence-corrected chi connectivity index (χ0v) is 15.2. The van der Waals surface area contributed by atoms with Crippen molar-refractivity contribution in [3.63, 3.8) is 0 Å². The maximum Gasteiger partial charge on any atom is 0.0485 e. The van der Waals surface area contributed by atoms with Crippen LogP contribution < -0.4 is 0 Å². The third-order valence-corrected chi connectivity index (χ3v) is 4.71. The molecule has 2 aromatic rings. The number of aromatic nitrogens is 1. The maximum absolute atomic E-state index is 2.61. The predicted molar refractivity (Wildman–Crippen MR) is 102 cm³/mol. The van der Waals surface area contributed by atoms with Gasteiger partial charge in [-0.3, -0.25) is 0 Å². The number of fused-ring (bicyclic) bond motifs is 1. The minimum absolute atomic E-state index is 0. The van der Waals surface area contributed by atoms with Crippen LogP contribution in [0.1, 0.15) is 36.9 Å². The number of aryl methyl sites for hydroxylation is 1. The minimum Gasteiger partial charge on any atom is -0.344 e. The van der Waals surface area contributed by atoms with Gasteiger partial charge in [0.1, 0.15) is 0 Å². The van der Waals surface area contributed by atoms with E-state index in [-0.39, 0.29) is 12.4 Å². The third-order valence-electron chi connectivity index (χ3n) is 4.71. The molecule has 1 aliphatic rings. The summed E-state index contributed by atoms with van der Waals surface area (Å²) in [6, 6.07) is 13.4. The van der Waals surface area contributed by atoms with Gasteiger partial charge in [0.25, 0.3) is 0 Å². The van der Waals surface area contributed by atoms with Gasteiger partial charge in [-0.05, 0) is 69.9 Å². The van der Waals surface area contributed by atoms with E-state index < -0.39 is 0 Å². The molecule has 2 nitrogen and oxygen atoms in total. The highest BCUT2D eigenvalue weighted by molar-refractivity contribution is 5.85. The van der Waals surface area contributed by atoms with Gasteiger partial charge in [0.05, 0.1) is 0 Å². The van der Waals surface area contributed by atoms with Gasteiger partial charge in [-0.1, -0.05) is 36.8 Å². The molecule has 0 N–H and O–H groups in total. The normalized spacial score (nSPS) is 14.2. The molecule has 0 aliphatic heterocycles. The van der Waals surface area contributed by atoms with Gasteiger partial charge in [-0.25, -0.2) is 0 Å². The Balaban J connectivity index is 0.00000192. The molecule has 0 saturated carbocycles. The molecule has 1 aromatic carbocycles. The number of hydrogen-bond donors (Lipinski definition) is 0. The van der Waals surface area contributed by atoms with Gasteiger partial charge >= 0.3 is 0 Å². The van der Waals surface area contributed by atoms with Crippen molar-refractivity contribution in [3.8, 4) is 11.3 Å². The lowest BCUT2D eigenvalue weighted by atomic mass is 10.1. The van der Waals surface area contributed by atoms with Crippen LogP contribution >= 0.6 is 12.4 Å². The fraction of sp³-hybridized carbons (Fsp3) is 0.500. The number of nitrogens with zero attached hydrogens (tertiary/aromatic N) is 2. The van der Waals surface area contributed by atoms with Crippen molar-refractivity contribution >= 4 is 12.4 Å². The molecule has 0 bridgehead atoms. The molecular formula is C20H29ClN2. The molecule has 3 heteroatoms. The second-order valence-electron chi connectivity index (χ2n) is 6.74. The quantitative estimate of drug-likeness (QED) is 0.714. The first-order valence-corrected chi connectivity index (χ1v) is 8.67. The molecule has 0 fully saturated rings. The van der Waals surface area contributed by atoms with Gasteiger partial charge in [0.2, 0.25) is 0 Å². The molecule has 1 heterocycles. The van der Waals surface area contributed by atoms with E-state index >= 15 is 0 Å². The largest absolute Gasteiger partial charge is 0.344 e. The lowest BCUT2D eigenvalue weighted by Gasteiger charge is -2.16. The molecule has 0 radical (unpaired) electrons. The Labute approximate surface area is 146 Å². The Kier molecular flexibility index (Phi) is 6.73. The van der Waals surface area contributed by atoms with Crippen LogP contribution in [0.5, 0.6) is 0 Å². The van der Waals surface area contributed by atoms with Crippen LogP contribution in [0.4, 0.5) is 0 Å². The molecule has 0 unspecified atom stereocenters. The number of hydrogen-bond acceptors (Lipinski definition) is 1. The highest BCUT2D eigenvalue weighted by Gasteiger charge is 2.17. The standard InChI is InChI=1S/C20H28N2.ClH/c1-21(2)14-9-15-22-19-13-8-4-7-12-18(19)16-20(22)17-10-5-3-6-11-17;/h3,5-6,10-11,16H,4,7-9,12-15H2,1-2H3;1H. The Hall–Kier alpha value is -1.25. The number of halogens is 1. The van der Waals surface area contributed by atoms with E-state index in [0.29, 0.717) is 0 Å². The monoisotopic (exact) mass is 332 g/mol. The topological polar surface area (TPSA) is 8.17 Å². The summed E-state index contributed by atoms with van der Waals surface area (Å²) in [6.45, 7) is 2.29. The molecule has 0 atom stereocenters. The molecule has 23 heavy (non-hydrogen) atoms. The van der Waals surface area contributed by atoms with Crippen LogP contribution in [-0.4, -0.2) is 30.1 Å². The molecule has 0 saturated heterocycles. The Morgan fingerprint density at radius 2 is 1.74 bits per heavy atom. The summed E-state index contributed by atoms with van der Waals surface area (Å²) in [5.41, 5.74) is 5.99. The van der Waals surface area contributed by atoms with Gasteiger partial charge in [-0.15, -0.1) is 12.4 Å². The van der Waals surface area contributed by atoms with Crippen LogP contribution in [0.2, 0.25) is 0 Å². The lowest BCUT2D eigenvalue weighted by molar-refractivity contribution is 0.385. The van der Waals surface area contributed by atoms with Gasteiger partial charge in [0.15, 0.2) is 0 Å². The van der Waals surface area contributed by atoms with Crippen molar-refractivity contribution in [3.05, 3.63) is 47.7 Å². The summed E-state index contributed by atoms with van der Waals surface area (Å²) in [7, 11) is 4.32. The van der Waals surface area contributed by atoms with Crippen LogP contribution in [0.3, 0.4) is 0 Å². The fourth-order valence-corrected chi connectivity index (χ4v) is 3.59. The zero-order valence-electron chi connectivity index (χ0n) is 14.4. The molecule has 0 amide bonds. The van der Waals surface area contributed by atoms with Crippen molar-refractivity contribution in [2.75, 3.05) is 20.6 Å². The second kappa shape index (κ2) is 8.56. The van der Waals surface area contributed by atoms with Gasteiger partial charge in [0, 0.05) is 17.9 Å². The smallest absolute Gasteiger partial charge is 0.0485 e. The van der Waals surface area contributed by atoms with Crippen molar-refractivity contribution in [1.29, 1.82) is 0 Å². The van der Waals surface area contributed by atoms with Crippen LogP contribution in [0, 0.1) is 0 Å². The van der Waals surface area contributed by atoms with Crippen LogP contribution in [0.25, 0.3) is 11.3 Å². The predicted octanol–water partition coefficient (Wildman–Crippen LogP) is 4.80. The summed E-state index contributed by atoms with van der Waals surface area (Å²) in [5, 5.41) is 0. The highest BCUT2D eigenvalue weighted by Crippen LogP contribution is 2.30. The van der Waals surface area contributed by atoms with Crippen LogP contribution in [-0.2, 0) is 19.4 Å². The zero-order chi connectivity index (χ0) is 15.4. The van der Waals surface area contributed by atoms with E-state index in [1.165, 1.54) is 49.8 Å². The number of benzene rings is 1. The Morgan fingerprint density at radius 1 is 1.00 bits per heavy atom. The average molecular weight is 333 g/mol. The molecule has 126 valence electrons. The van der Waals surface area contributed by atoms with E-state index in [1.807, 2.05) is 0 Å². The summed E-state index contributed by atoms with van der Waals surface area (Å²) in [6.07, 6.45) is 7.81. The van der Waals surface area contributed by atoms with Gasteiger partial charge < -0.3 is 9.47 Å². The first kappa shape index (κ1) is 18.1. The molecule has 0 spiro atoms. The highest BCUT2D eigenvalue weighted by atomic mass is 35.5. The van der Waals surface area contributed by atoms with E-state index in [1.54, 1.807) is 11.3 Å². The van der Waals surface area contributed by atoms with Crippen molar-refractivity contribution < 1.29 is 0 Å². The van der Waals surface area contributed by atoms with Crippen molar-refractivity contribution in [2.24, 2.45) is 0 Å². The lowest BCUT2D eigenvalue weighted by Crippen LogP contribution is -2.16. The summed E-state index contributed by atoms with van der Waals surface area (Å²) in [5.74, 6) is 0. The maximum atomic E-state index is 2.61. The summed E-state index contributed by atoms with van der Waals surface area (Å²) < 4.78 is 2.61. The number of rotatable bonds is 5. The average Bonchev–Trinajstić information content (AvgIpc) is 2.70. The second-order valence-corrected chi connectivity index (χ2v) is 6.74. The fourth-order valence-electron chi connectivity index (χ4n) is 3.59. The third kappa shape index (κ3) is 4.39. The van der Waals surface area contributed by atoms with E-state index in [2.05, 4.69) is 60.0 Å². The molecule has 3 rings (SSSR count). The minimum atomic E-state index is 0. The molecule has 1 aliphatic carbocycles. The Morgan fingerprint density at radius 3 is 2.48 bits per heavy atom. The molecule has 1 aromatic heterocycles. The van der Waals surface area contributed by atoms with E-state index in [9.17, 15) is 0 Å². The van der Waals surface area contributed by atoms with E-state index in [4.69, 9.17) is 0 Å². The van der Waals surface area contributed by atoms with Gasteiger partial charge in [-0.2, -0.15) is 0 Å². The van der Waals surface area contributed by atoms with Crippen LogP contribution in [0.15, 0.2) is 36.4 Å². The molecular weight excluding hydrogens is 304 g/mol. The Bertz CT molecular complexity index is 602. The summed E-state index contributed by atoms with van der Waals surface area (Å²) in [4.78, 5) is 2.28. The summed E-state index contributed by atoms with van der Waals surface area (Å²) >= 11 is 0.